The van der Waals surface area contributed by atoms with Crippen molar-refractivity contribution in [3.05, 3.63) is 0 Å². The van der Waals surface area contributed by atoms with E-state index in [2.05, 4.69) is 15.5 Å². The minimum atomic E-state index is -0.559. The lowest BCUT2D eigenvalue weighted by atomic mass is 9.90. The van der Waals surface area contributed by atoms with Gasteiger partial charge in [-0.3, -0.25) is 24.1 Å². The number of amides is 4. The van der Waals surface area contributed by atoms with Gasteiger partial charge in [-0.1, -0.05) is 27.2 Å². The van der Waals surface area contributed by atoms with Crippen molar-refractivity contribution >= 4 is 23.6 Å². The molecule has 2 saturated heterocycles. The van der Waals surface area contributed by atoms with Gasteiger partial charge in [0.15, 0.2) is 0 Å². The highest BCUT2D eigenvalue weighted by Gasteiger charge is 2.47. The number of hydrogen-bond acceptors (Lipinski definition) is 8. The van der Waals surface area contributed by atoms with Gasteiger partial charge in [-0.15, -0.1) is 0 Å². The molecule has 12 nitrogen and oxygen atoms in total. The predicted molar refractivity (Wildman–Crippen MR) is 162 cm³/mol. The number of carbonyl (C=O) groups excluding carboxylic acids is 4. The van der Waals surface area contributed by atoms with E-state index in [9.17, 15) is 19.2 Å². The van der Waals surface area contributed by atoms with Crippen molar-refractivity contribution in [3.8, 4) is 0 Å². The summed E-state index contributed by atoms with van der Waals surface area (Å²) in [5, 5.41) is 14.7. The molecule has 9 unspecified atom stereocenters. The Morgan fingerprint density at radius 2 is 1.79 bits per heavy atom. The Hall–Kier alpha value is -2.28. The smallest absolute Gasteiger partial charge is 0.242 e. The molecule has 3 rings (SSSR count). The minimum absolute atomic E-state index is 0.0374. The van der Waals surface area contributed by atoms with Gasteiger partial charge < -0.3 is 35.0 Å². The lowest BCUT2D eigenvalue weighted by molar-refractivity contribution is -0.146. The molecule has 0 radical (unpaired) electrons. The summed E-state index contributed by atoms with van der Waals surface area (Å²) in [6, 6.07) is -0.379. The highest BCUT2D eigenvalue weighted by molar-refractivity contribution is 5.88. The summed E-state index contributed by atoms with van der Waals surface area (Å²) in [5.41, 5.74) is 0. The van der Waals surface area contributed by atoms with Crippen molar-refractivity contribution in [1.29, 1.82) is 0 Å². The van der Waals surface area contributed by atoms with Crippen LogP contribution >= 0.6 is 0 Å². The molecule has 1 saturated carbocycles. The molecule has 0 aromatic carbocycles. The second-order valence-electron chi connectivity index (χ2n) is 12.7. The first-order chi connectivity index (χ1) is 20.5. The molecule has 9 atom stereocenters. The summed E-state index contributed by atoms with van der Waals surface area (Å²) in [4.78, 5) is 58.4. The van der Waals surface area contributed by atoms with Crippen LogP contribution in [0.2, 0.25) is 0 Å². The Morgan fingerprint density at radius 3 is 2.37 bits per heavy atom. The largest absolute Gasteiger partial charge is 0.395 e. The highest BCUT2D eigenvalue weighted by atomic mass is 16.5. The summed E-state index contributed by atoms with van der Waals surface area (Å²) in [7, 11) is 6.82. The van der Waals surface area contributed by atoms with E-state index in [0.29, 0.717) is 24.9 Å². The lowest BCUT2D eigenvalue weighted by Crippen LogP contribution is -2.55. The molecule has 12 heteroatoms. The van der Waals surface area contributed by atoms with Gasteiger partial charge in [0, 0.05) is 40.4 Å². The number of nitrogens with zero attached hydrogens (tertiary/aromatic N) is 3. The van der Waals surface area contributed by atoms with Crippen LogP contribution in [0.25, 0.3) is 0 Å². The Labute approximate surface area is 257 Å². The molecule has 2 bridgehead atoms. The number of fused-ring (bicyclic) bond motifs is 2. The van der Waals surface area contributed by atoms with Crippen LogP contribution in [-0.2, 0) is 28.7 Å². The molecule has 246 valence electrons. The standard InChI is InChI=1S/C31H55N5O7/c1-8-19(2)27(35(5)26(39)18-33-31(41)28-21-11-12-22(16-21)34(28)4)24(42-6)17-25(38)36-14-9-10-23(36)29(43-7)20(3)30(40)32-13-15-37/h19-24,27-29,37H,8-18H2,1-7H3,(H,32,40)(H,33,41). The van der Waals surface area contributed by atoms with E-state index in [1.165, 1.54) is 0 Å². The third kappa shape index (κ3) is 8.06. The molecular weight excluding hydrogens is 554 g/mol. The maximum Gasteiger partial charge on any atom is 0.242 e. The zero-order valence-electron chi connectivity index (χ0n) is 27.2. The summed E-state index contributed by atoms with van der Waals surface area (Å²) in [6.45, 7) is 6.31. The first-order valence-corrected chi connectivity index (χ1v) is 16.0. The van der Waals surface area contributed by atoms with Crippen LogP contribution in [0.15, 0.2) is 0 Å². The zero-order chi connectivity index (χ0) is 31.8. The second-order valence-corrected chi connectivity index (χ2v) is 12.7. The van der Waals surface area contributed by atoms with Gasteiger partial charge in [0.25, 0.3) is 0 Å². The first-order valence-electron chi connectivity index (χ1n) is 16.0. The minimum Gasteiger partial charge on any atom is -0.395 e. The van der Waals surface area contributed by atoms with Crippen LogP contribution in [0.3, 0.4) is 0 Å². The van der Waals surface area contributed by atoms with E-state index in [1.807, 2.05) is 20.9 Å². The van der Waals surface area contributed by atoms with Crippen LogP contribution < -0.4 is 10.6 Å². The number of likely N-dealkylation sites (tertiary alicyclic amines) is 2. The van der Waals surface area contributed by atoms with Gasteiger partial charge in [-0.25, -0.2) is 0 Å². The zero-order valence-corrected chi connectivity index (χ0v) is 27.2. The number of methoxy groups -OCH3 is 2. The molecule has 3 aliphatic rings. The van der Waals surface area contributed by atoms with E-state index in [1.54, 1.807) is 38.0 Å². The highest BCUT2D eigenvalue weighted by Crippen LogP contribution is 2.41. The van der Waals surface area contributed by atoms with Crippen LogP contribution in [-0.4, -0.2) is 134 Å². The molecule has 2 aliphatic heterocycles. The van der Waals surface area contributed by atoms with Gasteiger partial charge in [0.05, 0.1) is 55.8 Å². The third-order valence-electron chi connectivity index (χ3n) is 10.3. The van der Waals surface area contributed by atoms with Crippen LogP contribution in [0.4, 0.5) is 0 Å². The number of nitrogens with one attached hydrogen (secondary N) is 2. The lowest BCUT2D eigenvalue weighted by Gasteiger charge is -2.39. The quantitative estimate of drug-likeness (QED) is 0.231. The Balaban J connectivity index is 1.66. The van der Waals surface area contributed by atoms with Crippen molar-refractivity contribution in [2.24, 2.45) is 17.8 Å². The van der Waals surface area contributed by atoms with E-state index < -0.39 is 18.1 Å². The normalized spacial score (nSPS) is 26.9. The topological polar surface area (TPSA) is 141 Å². The number of rotatable bonds is 16. The third-order valence-corrected chi connectivity index (χ3v) is 10.3. The molecule has 1 aliphatic carbocycles. The summed E-state index contributed by atoms with van der Waals surface area (Å²) in [6.07, 6.45) is 4.52. The van der Waals surface area contributed by atoms with Crippen LogP contribution in [0, 0.1) is 17.8 Å². The number of aliphatic hydroxyl groups is 1. The Kier molecular flexibility index (Phi) is 13.2. The number of hydrogen-bond donors (Lipinski definition) is 3. The fraction of sp³-hybridized carbons (Fsp3) is 0.871. The summed E-state index contributed by atoms with van der Waals surface area (Å²) in [5.74, 6) is -0.784. The molecular formula is C31H55N5O7. The first kappa shape index (κ1) is 35.2. The number of ether oxygens (including phenoxy) is 2. The van der Waals surface area contributed by atoms with Gasteiger partial charge in [0.1, 0.15) is 0 Å². The van der Waals surface area contributed by atoms with Gasteiger partial charge in [-0.2, -0.15) is 0 Å². The van der Waals surface area contributed by atoms with Crippen molar-refractivity contribution in [1.82, 2.24) is 25.3 Å². The van der Waals surface area contributed by atoms with Crippen molar-refractivity contribution in [2.75, 3.05) is 54.6 Å². The number of piperidine rings is 1. The number of carbonyl (C=O) groups is 4. The molecule has 43 heavy (non-hydrogen) atoms. The van der Waals surface area contributed by atoms with E-state index in [0.717, 1.165) is 32.1 Å². The average Bonchev–Trinajstić information content (AvgIpc) is 3.75. The second kappa shape index (κ2) is 16.2. The fourth-order valence-electron chi connectivity index (χ4n) is 7.66. The number of aliphatic hydroxyl groups excluding tert-OH is 1. The number of likely N-dealkylation sites (N-methyl/N-ethyl adjacent to an activating group) is 2. The fourth-order valence-corrected chi connectivity index (χ4v) is 7.66. The Bertz CT molecular complexity index is 965. The van der Waals surface area contributed by atoms with Crippen LogP contribution in [0.1, 0.15) is 65.7 Å². The van der Waals surface area contributed by atoms with Crippen molar-refractivity contribution in [3.63, 3.8) is 0 Å². The average molecular weight is 610 g/mol. The van der Waals surface area contributed by atoms with E-state index >= 15 is 0 Å². The molecule has 2 heterocycles. The monoisotopic (exact) mass is 609 g/mol. The van der Waals surface area contributed by atoms with E-state index in [-0.39, 0.29) is 73.8 Å². The Morgan fingerprint density at radius 1 is 1.07 bits per heavy atom. The van der Waals surface area contributed by atoms with E-state index in [4.69, 9.17) is 14.6 Å². The SMILES string of the molecule is CCC(C)C(C(CC(=O)N1CCCC1C(OC)C(C)C(=O)NCCO)OC)N(C)C(=O)CNC(=O)C1C2CCC(C2)N1C. The van der Waals surface area contributed by atoms with Crippen LogP contribution in [0.5, 0.6) is 0 Å². The molecule has 3 N–H and O–H groups in total. The van der Waals surface area contributed by atoms with Gasteiger partial charge in [-0.05, 0) is 51.0 Å². The molecule has 3 fully saturated rings. The molecule has 0 aromatic rings. The van der Waals surface area contributed by atoms with Crippen molar-refractivity contribution in [2.45, 2.75) is 102 Å². The molecule has 4 amide bonds. The van der Waals surface area contributed by atoms with Gasteiger partial charge >= 0.3 is 0 Å². The molecule has 0 spiro atoms. The summed E-state index contributed by atoms with van der Waals surface area (Å²) >= 11 is 0. The maximum absolute atomic E-state index is 13.8. The van der Waals surface area contributed by atoms with Gasteiger partial charge in [0.2, 0.25) is 23.6 Å². The summed E-state index contributed by atoms with van der Waals surface area (Å²) < 4.78 is 11.6. The molecule has 0 aromatic heterocycles. The predicted octanol–water partition coefficient (Wildman–Crippen LogP) is 0.614. The van der Waals surface area contributed by atoms with Crippen molar-refractivity contribution < 1.29 is 33.8 Å². The maximum atomic E-state index is 13.8.